The summed E-state index contributed by atoms with van der Waals surface area (Å²) < 4.78 is 32.1. The third-order valence-electron chi connectivity index (χ3n) is 3.63. The Bertz CT molecular complexity index is 1120. The fraction of sp³-hybridized carbons (Fsp3) is 0.250. The van der Waals surface area contributed by atoms with Crippen molar-refractivity contribution in [2.75, 3.05) is 19.0 Å². The normalized spacial score (nSPS) is 11.2. The number of methoxy groups -OCH3 is 1. The summed E-state index contributed by atoms with van der Waals surface area (Å²) in [5.74, 6) is -1.40. The second-order valence-corrected chi connectivity index (χ2v) is 8.22. The molecule has 1 heterocycles. The minimum atomic E-state index is -4.03. The topological polar surface area (TPSA) is 136 Å². The van der Waals surface area contributed by atoms with E-state index in [9.17, 15) is 22.8 Å². The zero-order chi connectivity index (χ0) is 21.8. The molecule has 1 aromatic heterocycles. The van der Waals surface area contributed by atoms with E-state index in [0.717, 1.165) is 18.0 Å². The highest BCUT2D eigenvalue weighted by Crippen LogP contribution is 2.20. The van der Waals surface area contributed by atoms with Crippen LogP contribution in [0.5, 0.6) is 0 Å². The van der Waals surface area contributed by atoms with Crippen molar-refractivity contribution < 1.29 is 22.7 Å². The zero-order valence-corrected chi connectivity index (χ0v) is 17.6. The fourth-order valence-corrected chi connectivity index (χ4v) is 3.67. The van der Waals surface area contributed by atoms with Crippen LogP contribution in [0.15, 0.2) is 34.1 Å². The molecule has 2 rings (SSSR count). The van der Waals surface area contributed by atoms with Crippen molar-refractivity contribution in [3.8, 4) is 0 Å². The van der Waals surface area contributed by atoms with Crippen molar-refractivity contribution in [1.82, 2.24) is 14.5 Å². The Labute approximate surface area is 175 Å². The molecule has 0 saturated heterocycles. The number of aryl methyl sites for hydroxylation is 1. The summed E-state index contributed by atoms with van der Waals surface area (Å²) in [6, 6.07) is 4.18. The Hall–Kier alpha value is -2.47. The zero-order valence-electron chi connectivity index (χ0n) is 15.2. The minimum absolute atomic E-state index is 0.0406. The highest BCUT2D eigenvalue weighted by molar-refractivity contribution is 7.89. The first-order valence-electron chi connectivity index (χ1n) is 7.93. The first-order valence-corrected chi connectivity index (χ1v) is 10.2. The molecule has 0 fully saturated rings. The minimum Gasteiger partial charge on any atom is -0.468 e. The highest BCUT2D eigenvalue weighted by Gasteiger charge is 2.19. The molecule has 0 spiro atoms. The Morgan fingerprint density at radius 3 is 2.62 bits per heavy atom. The lowest BCUT2D eigenvalue weighted by Crippen LogP contribution is -2.31. The molecular formula is C16H16Cl2N4O6S. The molecule has 0 radical (unpaired) electrons. The van der Waals surface area contributed by atoms with Crippen molar-refractivity contribution in [2.45, 2.75) is 18.4 Å². The van der Waals surface area contributed by atoms with Crippen LogP contribution in [0.1, 0.15) is 5.56 Å². The van der Waals surface area contributed by atoms with Gasteiger partial charge in [-0.3, -0.25) is 14.4 Å². The van der Waals surface area contributed by atoms with E-state index < -0.39 is 40.5 Å². The van der Waals surface area contributed by atoms with Crippen LogP contribution in [0, 0.1) is 6.92 Å². The van der Waals surface area contributed by atoms with Gasteiger partial charge in [0.2, 0.25) is 15.9 Å². The van der Waals surface area contributed by atoms with Crippen LogP contribution in [-0.4, -0.2) is 43.7 Å². The second kappa shape index (κ2) is 9.35. The lowest BCUT2D eigenvalue weighted by atomic mass is 10.2. The van der Waals surface area contributed by atoms with Crippen LogP contribution < -0.4 is 15.6 Å². The van der Waals surface area contributed by atoms with E-state index in [-0.39, 0.29) is 20.6 Å². The van der Waals surface area contributed by atoms with Gasteiger partial charge >= 0.3 is 5.97 Å². The van der Waals surface area contributed by atoms with Crippen molar-refractivity contribution >= 4 is 50.8 Å². The van der Waals surface area contributed by atoms with Crippen molar-refractivity contribution in [3.05, 3.63) is 50.4 Å². The number of rotatable bonds is 7. The number of nitrogens with zero attached hydrogens (tertiary/aromatic N) is 2. The van der Waals surface area contributed by atoms with Crippen molar-refractivity contribution in [2.24, 2.45) is 0 Å². The predicted octanol–water partition coefficient (Wildman–Crippen LogP) is 0.949. The van der Waals surface area contributed by atoms with Gasteiger partial charge in [0.05, 0.1) is 23.2 Å². The van der Waals surface area contributed by atoms with Crippen LogP contribution in [-0.2, 0) is 30.9 Å². The Morgan fingerprint density at radius 1 is 1.28 bits per heavy atom. The first kappa shape index (κ1) is 22.8. The van der Waals surface area contributed by atoms with Gasteiger partial charge in [0.25, 0.3) is 5.56 Å². The van der Waals surface area contributed by atoms with E-state index in [4.69, 9.17) is 23.2 Å². The molecule has 13 heteroatoms. The van der Waals surface area contributed by atoms with Crippen molar-refractivity contribution in [1.29, 1.82) is 0 Å². The van der Waals surface area contributed by atoms with Gasteiger partial charge in [0, 0.05) is 5.69 Å². The van der Waals surface area contributed by atoms with Gasteiger partial charge in [-0.05, 0) is 24.6 Å². The van der Waals surface area contributed by atoms with Gasteiger partial charge in [0.1, 0.15) is 18.1 Å². The number of sulfonamides is 1. The Morgan fingerprint density at radius 2 is 1.97 bits per heavy atom. The number of carbonyl (C=O) groups is 2. The van der Waals surface area contributed by atoms with E-state index in [1.165, 1.54) is 18.2 Å². The number of benzene rings is 1. The van der Waals surface area contributed by atoms with Gasteiger partial charge in [0.15, 0.2) is 0 Å². The average molecular weight is 463 g/mol. The molecule has 0 saturated carbocycles. The van der Waals surface area contributed by atoms with Crippen LogP contribution in [0.4, 0.5) is 5.69 Å². The first-order chi connectivity index (χ1) is 13.5. The van der Waals surface area contributed by atoms with Crippen LogP contribution in [0.25, 0.3) is 0 Å². The van der Waals surface area contributed by atoms with E-state index in [1.807, 2.05) is 0 Å². The molecular weight excluding hydrogens is 447 g/mol. The predicted molar refractivity (Wildman–Crippen MR) is 106 cm³/mol. The van der Waals surface area contributed by atoms with Gasteiger partial charge in [-0.15, -0.1) is 0 Å². The maximum Gasteiger partial charge on any atom is 0.320 e. The summed E-state index contributed by atoms with van der Waals surface area (Å²) in [6.45, 7) is 0.546. The van der Waals surface area contributed by atoms with Gasteiger partial charge in [-0.25, -0.2) is 13.1 Å². The summed E-state index contributed by atoms with van der Waals surface area (Å²) in [5, 5.41) is 5.88. The molecule has 10 nitrogen and oxygen atoms in total. The number of anilines is 1. The number of aromatic nitrogens is 2. The van der Waals surface area contributed by atoms with Crippen LogP contribution in [0.3, 0.4) is 0 Å². The summed E-state index contributed by atoms with van der Waals surface area (Å²) in [4.78, 5) is 35.2. The SMILES string of the molecule is COC(=O)CNS(=O)(=O)c1cc(NC(=O)Cn2ncc(Cl)c(Cl)c2=O)ccc1C. The molecule has 1 amide bonds. The number of carbonyl (C=O) groups excluding carboxylic acids is 2. The molecule has 0 atom stereocenters. The van der Waals surface area contributed by atoms with E-state index >= 15 is 0 Å². The number of amides is 1. The van der Waals surface area contributed by atoms with Gasteiger partial charge in [-0.1, -0.05) is 29.3 Å². The third-order valence-corrected chi connectivity index (χ3v) is 5.92. The van der Waals surface area contributed by atoms with E-state index in [1.54, 1.807) is 6.92 Å². The van der Waals surface area contributed by atoms with Crippen LogP contribution >= 0.6 is 23.2 Å². The molecule has 1 aromatic carbocycles. The molecule has 29 heavy (non-hydrogen) atoms. The number of ether oxygens (including phenoxy) is 1. The maximum absolute atomic E-state index is 12.4. The number of hydrogen-bond acceptors (Lipinski definition) is 7. The van der Waals surface area contributed by atoms with Crippen LogP contribution in [0.2, 0.25) is 10.0 Å². The van der Waals surface area contributed by atoms with Crippen molar-refractivity contribution in [3.63, 3.8) is 0 Å². The molecule has 2 N–H and O–H groups in total. The smallest absolute Gasteiger partial charge is 0.320 e. The summed E-state index contributed by atoms with van der Waals surface area (Å²) >= 11 is 11.4. The Balaban J connectivity index is 2.19. The molecule has 156 valence electrons. The largest absolute Gasteiger partial charge is 0.468 e. The number of esters is 1. The lowest BCUT2D eigenvalue weighted by molar-refractivity contribution is -0.139. The standard InChI is InChI=1S/C16H16Cl2N4O6S/c1-9-3-4-10(5-12(9)29(26,27)20-7-14(24)28-2)21-13(23)8-22-16(25)15(18)11(17)6-19-22/h3-6,20H,7-8H2,1-2H3,(H,21,23). The Kier molecular flexibility index (Phi) is 7.36. The molecule has 2 aromatic rings. The summed E-state index contributed by atoms with van der Waals surface area (Å²) in [6.07, 6.45) is 1.13. The fourth-order valence-electron chi connectivity index (χ4n) is 2.17. The highest BCUT2D eigenvalue weighted by atomic mass is 35.5. The molecule has 0 bridgehead atoms. The van der Waals surface area contributed by atoms with E-state index in [0.29, 0.717) is 5.56 Å². The number of halogens is 2. The maximum atomic E-state index is 12.4. The second-order valence-electron chi connectivity index (χ2n) is 5.70. The number of nitrogens with one attached hydrogen (secondary N) is 2. The summed E-state index contributed by atoms with van der Waals surface area (Å²) in [5.41, 5.74) is -0.191. The number of hydrogen-bond donors (Lipinski definition) is 2. The summed E-state index contributed by atoms with van der Waals surface area (Å²) in [7, 11) is -2.90. The monoisotopic (exact) mass is 462 g/mol. The quantitative estimate of drug-likeness (QED) is 0.584. The lowest BCUT2D eigenvalue weighted by Gasteiger charge is -2.12. The molecule has 0 aliphatic heterocycles. The van der Waals surface area contributed by atoms with E-state index in [2.05, 4.69) is 19.9 Å². The average Bonchev–Trinajstić information content (AvgIpc) is 2.68. The van der Waals surface area contributed by atoms with Gasteiger partial charge < -0.3 is 10.1 Å². The molecule has 0 unspecified atom stereocenters. The third kappa shape index (κ3) is 5.76. The molecule has 0 aliphatic rings. The molecule has 0 aliphatic carbocycles. The van der Waals surface area contributed by atoms with Gasteiger partial charge in [-0.2, -0.15) is 9.82 Å².